The monoisotopic (exact) mass is 207 g/mol. The lowest BCUT2D eigenvalue weighted by Crippen LogP contribution is -2.13. The highest BCUT2D eigenvalue weighted by molar-refractivity contribution is 5.44. The summed E-state index contributed by atoms with van der Waals surface area (Å²) in [6.45, 7) is 2.06. The molecule has 2 atom stereocenters. The number of benzene rings is 1. The summed E-state index contributed by atoms with van der Waals surface area (Å²) in [4.78, 5) is 0. The fourth-order valence-corrected chi connectivity index (χ4v) is 2.00. The third-order valence-electron chi connectivity index (χ3n) is 2.75. The van der Waals surface area contributed by atoms with Crippen LogP contribution in [0.3, 0.4) is 0 Å². The van der Waals surface area contributed by atoms with Crippen LogP contribution < -0.4 is 10.5 Å². The van der Waals surface area contributed by atoms with Gasteiger partial charge in [0.15, 0.2) is 0 Å². The molecule has 0 bridgehead atoms. The van der Waals surface area contributed by atoms with E-state index in [4.69, 9.17) is 15.6 Å². The van der Waals surface area contributed by atoms with Gasteiger partial charge in [-0.15, -0.1) is 0 Å². The van der Waals surface area contributed by atoms with Crippen LogP contribution >= 0.6 is 0 Å². The van der Waals surface area contributed by atoms with E-state index in [9.17, 15) is 0 Å². The molecular weight excluding hydrogens is 190 g/mol. The van der Waals surface area contributed by atoms with Crippen molar-refractivity contribution in [3.05, 3.63) is 29.3 Å². The van der Waals surface area contributed by atoms with Gasteiger partial charge in [0.2, 0.25) is 0 Å². The van der Waals surface area contributed by atoms with Gasteiger partial charge in [-0.1, -0.05) is 12.1 Å². The summed E-state index contributed by atoms with van der Waals surface area (Å²) in [7, 11) is 0. The van der Waals surface area contributed by atoms with Gasteiger partial charge in [-0.25, -0.2) is 0 Å². The minimum Gasteiger partial charge on any atom is -0.491 e. The van der Waals surface area contributed by atoms with Gasteiger partial charge in [-0.2, -0.15) is 0 Å². The summed E-state index contributed by atoms with van der Waals surface area (Å²) in [5.74, 6) is 0.876. The first-order valence-electron chi connectivity index (χ1n) is 5.36. The molecule has 3 nitrogen and oxygen atoms in total. The Balaban J connectivity index is 2.19. The first-order chi connectivity index (χ1) is 7.18. The lowest BCUT2D eigenvalue weighted by Gasteiger charge is -2.12. The highest BCUT2D eigenvalue weighted by Gasteiger charge is 2.22. The van der Waals surface area contributed by atoms with E-state index >= 15 is 0 Å². The van der Waals surface area contributed by atoms with Crippen LogP contribution in [0.1, 0.15) is 30.5 Å². The summed E-state index contributed by atoms with van der Waals surface area (Å²) in [5.41, 5.74) is 8.37. The Morgan fingerprint density at radius 1 is 1.60 bits per heavy atom. The van der Waals surface area contributed by atoms with Crippen molar-refractivity contribution in [1.29, 1.82) is 0 Å². The minimum atomic E-state index is -0.434. The molecule has 2 unspecified atom stereocenters. The molecule has 3 N–H and O–H groups in total. The predicted octanol–water partition coefficient (Wildman–Crippen LogP) is 1.39. The van der Waals surface area contributed by atoms with Gasteiger partial charge in [0.1, 0.15) is 12.4 Å². The Hall–Kier alpha value is -1.06. The van der Waals surface area contributed by atoms with Crippen molar-refractivity contribution in [2.75, 3.05) is 6.61 Å². The van der Waals surface area contributed by atoms with Crippen molar-refractivity contribution in [3.63, 3.8) is 0 Å². The number of aliphatic hydroxyl groups is 1. The van der Waals surface area contributed by atoms with Gasteiger partial charge in [0.05, 0.1) is 6.10 Å². The molecule has 1 aromatic rings. The third kappa shape index (κ3) is 2.13. The second kappa shape index (κ2) is 4.21. The van der Waals surface area contributed by atoms with E-state index in [0.29, 0.717) is 6.61 Å². The Morgan fingerprint density at radius 3 is 3.13 bits per heavy atom. The molecule has 0 saturated heterocycles. The maximum atomic E-state index is 9.16. The van der Waals surface area contributed by atoms with Gasteiger partial charge < -0.3 is 15.6 Å². The molecular formula is C12H17NO2. The van der Waals surface area contributed by atoms with Gasteiger partial charge in [-0.3, -0.25) is 0 Å². The third-order valence-corrected chi connectivity index (χ3v) is 2.75. The van der Waals surface area contributed by atoms with Crippen LogP contribution in [0, 0.1) is 0 Å². The van der Waals surface area contributed by atoms with Crippen LogP contribution in [0.2, 0.25) is 0 Å². The number of hydrogen-bond acceptors (Lipinski definition) is 3. The number of aliphatic hydroxyl groups excluding tert-OH is 1. The molecule has 1 aliphatic rings. The van der Waals surface area contributed by atoms with Crippen molar-refractivity contribution in [2.45, 2.75) is 31.9 Å². The van der Waals surface area contributed by atoms with E-state index in [0.717, 1.165) is 18.6 Å². The topological polar surface area (TPSA) is 55.5 Å². The van der Waals surface area contributed by atoms with Crippen LogP contribution in [0.25, 0.3) is 0 Å². The Labute approximate surface area is 89.9 Å². The van der Waals surface area contributed by atoms with E-state index in [2.05, 4.69) is 6.07 Å². The fraction of sp³-hybridized carbons (Fsp3) is 0.500. The summed E-state index contributed by atoms with van der Waals surface area (Å²) in [5, 5.41) is 9.16. The quantitative estimate of drug-likeness (QED) is 0.787. The summed E-state index contributed by atoms with van der Waals surface area (Å²) in [6, 6.07) is 6.11. The maximum absolute atomic E-state index is 9.16. The zero-order valence-electron chi connectivity index (χ0n) is 8.94. The van der Waals surface area contributed by atoms with Crippen LogP contribution in [0.15, 0.2) is 18.2 Å². The summed E-state index contributed by atoms with van der Waals surface area (Å²) >= 11 is 0. The van der Waals surface area contributed by atoms with Crippen molar-refractivity contribution in [2.24, 2.45) is 5.73 Å². The standard InChI is InChI=1S/C12H17NO2/c1-8(14)7-15-12-4-2-3-9-10(12)5-6-11(9)13/h2-4,8,11,14H,5-7,13H2,1H3. The lowest BCUT2D eigenvalue weighted by atomic mass is 10.1. The molecule has 0 radical (unpaired) electrons. The number of nitrogens with two attached hydrogens (primary N) is 1. The average molecular weight is 207 g/mol. The average Bonchev–Trinajstić information content (AvgIpc) is 2.58. The lowest BCUT2D eigenvalue weighted by molar-refractivity contribution is 0.122. The molecule has 0 amide bonds. The number of hydrogen-bond donors (Lipinski definition) is 2. The van der Waals surface area contributed by atoms with E-state index in [1.54, 1.807) is 6.92 Å². The number of fused-ring (bicyclic) bond motifs is 1. The Bertz CT molecular complexity index is 349. The Kier molecular flexibility index (Phi) is 2.93. The zero-order chi connectivity index (χ0) is 10.8. The van der Waals surface area contributed by atoms with Gasteiger partial charge in [0.25, 0.3) is 0 Å². The minimum absolute atomic E-state index is 0.148. The summed E-state index contributed by atoms with van der Waals surface area (Å²) in [6.07, 6.45) is 1.53. The molecule has 1 aromatic carbocycles. The van der Waals surface area contributed by atoms with Gasteiger partial charge in [-0.05, 0) is 37.0 Å². The molecule has 0 saturated carbocycles. The maximum Gasteiger partial charge on any atom is 0.122 e. The molecule has 2 rings (SSSR count). The first kappa shape index (κ1) is 10.5. The fourth-order valence-electron chi connectivity index (χ4n) is 2.00. The van der Waals surface area contributed by atoms with E-state index in [1.807, 2.05) is 12.1 Å². The molecule has 0 aromatic heterocycles. The molecule has 0 spiro atoms. The number of rotatable bonds is 3. The largest absolute Gasteiger partial charge is 0.491 e. The highest BCUT2D eigenvalue weighted by Crippen LogP contribution is 2.35. The molecule has 0 heterocycles. The van der Waals surface area contributed by atoms with Crippen LogP contribution in [-0.2, 0) is 6.42 Å². The SMILES string of the molecule is CC(O)COc1cccc2c1CCC2N. The van der Waals surface area contributed by atoms with Gasteiger partial charge in [0, 0.05) is 6.04 Å². The van der Waals surface area contributed by atoms with E-state index in [-0.39, 0.29) is 6.04 Å². The van der Waals surface area contributed by atoms with Gasteiger partial charge >= 0.3 is 0 Å². The van der Waals surface area contributed by atoms with Crippen LogP contribution in [-0.4, -0.2) is 17.8 Å². The van der Waals surface area contributed by atoms with Crippen molar-refractivity contribution in [1.82, 2.24) is 0 Å². The smallest absolute Gasteiger partial charge is 0.122 e. The highest BCUT2D eigenvalue weighted by atomic mass is 16.5. The Morgan fingerprint density at radius 2 is 2.40 bits per heavy atom. The van der Waals surface area contributed by atoms with E-state index < -0.39 is 6.10 Å². The predicted molar refractivity (Wildman–Crippen MR) is 58.9 cm³/mol. The zero-order valence-corrected chi connectivity index (χ0v) is 8.94. The molecule has 3 heteroatoms. The van der Waals surface area contributed by atoms with Crippen LogP contribution in [0.5, 0.6) is 5.75 Å². The van der Waals surface area contributed by atoms with Crippen molar-refractivity contribution >= 4 is 0 Å². The van der Waals surface area contributed by atoms with Crippen LogP contribution in [0.4, 0.5) is 0 Å². The van der Waals surface area contributed by atoms with E-state index in [1.165, 1.54) is 11.1 Å². The number of ether oxygens (including phenoxy) is 1. The normalized spacial score (nSPS) is 21.1. The second-order valence-electron chi connectivity index (χ2n) is 4.13. The molecule has 0 aliphatic heterocycles. The summed E-state index contributed by atoms with van der Waals surface area (Å²) < 4.78 is 5.55. The second-order valence-corrected chi connectivity index (χ2v) is 4.13. The molecule has 82 valence electrons. The molecule has 1 aliphatic carbocycles. The van der Waals surface area contributed by atoms with Crippen molar-refractivity contribution in [3.8, 4) is 5.75 Å². The molecule has 0 fully saturated rings. The van der Waals surface area contributed by atoms with Crippen molar-refractivity contribution < 1.29 is 9.84 Å². The first-order valence-corrected chi connectivity index (χ1v) is 5.36. The molecule has 15 heavy (non-hydrogen) atoms.